The van der Waals surface area contributed by atoms with E-state index in [0.29, 0.717) is 29.7 Å². The van der Waals surface area contributed by atoms with Gasteiger partial charge in [0.2, 0.25) is 0 Å². The fraction of sp³-hybridized carbons (Fsp3) is 0.542. The Labute approximate surface area is 171 Å². The van der Waals surface area contributed by atoms with Crippen LogP contribution < -0.4 is 5.32 Å². The van der Waals surface area contributed by atoms with E-state index in [-0.39, 0.29) is 35.6 Å². The minimum Gasteiger partial charge on any atom is -0.396 e. The number of rotatable bonds is 3. The number of benzene rings is 1. The molecule has 3 N–H and O–H groups in total. The van der Waals surface area contributed by atoms with Gasteiger partial charge < -0.3 is 15.5 Å². The summed E-state index contributed by atoms with van der Waals surface area (Å²) in [6, 6.07) is 4.34. The Balaban J connectivity index is 1.67. The monoisotopic (exact) mass is 399 g/mol. The molecule has 1 aromatic rings. The quantitative estimate of drug-likeness (QED) is 0.524. The largest absolute Gasteiger partial charge is 0.396 e. The summed E-state index contributed by atoms with van der Waals surface area (Å²) in [7, 11) is 0. The molecular weight excluding hydrogens is 369 g/mol. The molecule has 3 aliphatic rings. The van der Waals surface area contributed by atoms with Gasteiger partial charge in [0.25, 0.3) is 5.91 Å². The van der Waals surface area contributed by atoms with Crippen molar-refractivity contribution < 1.29 is 19.4 Å². The zero-order valence-corrected chi connectivity index (χ0v) is 17.2. The Morgan fingerprint density at radius 1 is 1.34 bits per heavy atom. The molecule has 5 heteroatoms. The predicted octanol–water partition coefficient (Wildman–Crippen LogP) is 4.29. The number of aliphatic hydroxyl groups excluding tert-OH is 2. The highest BCUT2D eigenvalue weighted by Gasteiger charge is 2.57. The third-order valence-corrected chi connectivity index (χ3v) is 8.02. The second-order valence-corrected chi connectivity index (χ2v) is 9.52. The van der Waals surface area contributed by atoms with Crippen LogP contribution in [0, 0.1) is 28.5 Å². The maximum atomic E-state index is 13.7. The number of carbonyl (C=O) groups excluding carboxylic acids is 1. The lowest BCUT2D eigenvalue weighted by Crippen LogP contribution is -2.57. The molecule has 1 aliphatic heterocycles. The van der Waals surface area contributed by atoms with Crippen molar-refractivity contribution in [2.45, 2.75) is 52.1 Å². The Morgan fingerprint density at radius 2 is 2.10 bits per heavy atom. The number of anilines is 1. The molecule has 0 aromatic heterocycles. The van der Waals surface area contributed by atoms with E-state index >= 15 is 0 Å². The van der Waals surface area contributed by atoms with E-state index < -0.39 is 11.5 Å². The highest BCUT2D eigenvalue weighted by Crippen LogP contribution is 2.61. The van der Waals surface area contributed by atoms with E-state index in [9.17, 15) is 19.4 Å². The lowest BCUT2D eigenvalue weighted by Gasteiger charge is -2.59. The van der Waals surface area contributed by atoms with Gasteiger partial charge in [0.1, 0.15) is 5.82 Å². The Kier molecular flexibility index (Phi) is 4.94. The van der Waals surface area contributed by atoms with Crippen LogP contribution in [-0.2, 0) is 4.79 Å². The van der Waals surface area contributed by atoms with Crippen LogP contribution >= 0.6 is 0 Å². The maximum Gasteiger partial charge on any atom is 0.256 e. The van der Waals surface area contributed by atoms with Gasteiger partial charge in [-0.3, -0.25) is 4.79 Å². The summed E-state index contributed by atoms with van der Waals surface area (Å²) in [6.45, 7) is 8.53. The van der Waals surface area contributed by atoms with Crippen molar-refractivity contribution >= 4 is 17.2 Å². The molecule has 0 spiro atoms. The molecule has 2 fully saturated rings. The van der Waals surface area contributed by atoms with Crippen LogP contribution in [0.25, 0.3) is 5.57 Å². The Bertz CT molecular complexity index is 894. The summed E-state index contributed by atoms with van der Waals surface area (Å²) in [4.78, 5) is 12.5. The Hall–Kier alpha value is -1.98. The lowest BCUT2D eigenvalue weighted by molar-refractivity contribution is -0.151. The van der Waals surface area contributed by atoms with Crippen molar-refractivity contribution in [3.63, 3.8) is 0 Å². The van der Waals surface area contributed by atoms with Gasteiger partial charge in [-0.1, -0.05) is 32.1 Å². The molecule has 1 amide bonds. The number of halogens is 1. The SMILES string of the molecule is C=C1CC[C@@H]2[C@](C)(CO)[C@H](O)CC[C@@]2(C)[C@@H]1C/C=C1\C(=O)Nc2ccc(F)cc21. The van der Waals surface area contributed by atoms with Gasteiger partial charge in [-0.05, 0) is 67.6 Å². The van der Waals surface area contributed by atoms with Crippen molar-refractivity contribution in [1.82, 2.24) is 0 Å². The van der Waals surface area contributed by atoms with Gasteiger partial charge in [0.05, 0.1) is 12.7 Å². The number of hydrogen-bond donors (Lipinski definition) is 3. The van der Waals surface area contributed by atoms with Gasteiger partial charge in [0, 0.05) is 22.2 Å². The van der Waals surface area contributed by atoms with Crippen LogP contribution in [0.2, 0.25) is 0 Å². The van der Waals surface area contributed by atoms with Crippen LogP contribution in [0.15, 0.2) is 36.4 Å². The molecule has 5 atom stereocenters. The van der Waals surface area contributed by atoms with Gasteiger partial charge in [-0.15, -0.1) is 0 Å². The summed E-state index contributed by atoms with van der Waals surface area (Å²) >= 11 is 0. The number of fused-ring (bicyclic) bond motifs is 2. The van der Waals surface area contributed by atoms with E-state index in [1.807, 2.05) is 13.0 Å². The molecule has 1 aromatic carbocycles. The topological polar surface area (TPSA) is 69.6 Å². The number of nitrogens with one attached hydrogen (secondary N) is 1. The highest BCUT2D eigenvalue weighted by molar-refractivity contribution is 6.31. The van der Waals surface area contributed by atoms with Crippen molar-refractivity contribution in [2.24, 2.45) is 22.7 Å². The summed E-state index contributed by atoms with van der Waals surface area (Å²) in [5, 5.41) is 23.5. The first kappa shape index (κ1) is 20.3. The molecule has 156 valence electrons. The standard InChI is InChI=1S/C24H30FNO3/c1-14-4-9-20-23(2,11-10-21(28)24(20,3)13-27)18(14)7-6-16-17-12-15(25)5-8-19(17)26-22(16)29/h5-6,8,12,18,20-21,27-28H,1,4,7,9-11,13H2,2-3H3,(H,26,29)/b16-6-/t18-,20+,21-,23+,24+/m1/s1. The molecule has 29 heavy (non-hydrogen) atoms. The van der Waals surface area contributed by atoms with Crippen molar-refractivity contribution in [1.29, 1.82) is 0 Å². The molecule has 2 saturated carbocycles. The van der Waals surface area contributed by atoms with E-state index in [1.54, 1.807) is 6.07 Å². The maximum absolute atomic E-state index is 13.7. The zero-order chi connectivity index (χ0) is 21.0. The fourth-order valence-electron chi connectivity index (χ4n) is 6.23. The number of amides is 1. The van der Waals surface area contributed by atoms with E-state index in [4.69, 9.17) is 0 Å². The van der Waals surface area contributed by atoms with E-state index in [1.165, 1.54) is 12.1 Å². The first-order valence-corrected chi connectivity index (χ1v) is 10.5. The van der Waals surface area contributed by atoms with Gasteiger partial charge >= 0.3 is 0 Å². The first-order chi connectivity index (χ1) is 13.7. The number of allylic oxidation sites excluding steroid dienone is 2. The predicted molar refractivity (Wildman–Crippen MR) is 112 cm³/mol. The first-order valence-electron chi connectivity index (χ1n) is 10.5. The third kappa shape index (κ3) is 3.06. The molecule has 0 radical (unpaired) electrons. The smallest absolute Gasteiger partial charge is 0.256 e. The second kappa shape index (κ2) is 7.06. The molecule has 1 heterocycles. The molecule has 0 saturated heterocycles. The minimum atomic E-state index is -0.528. The summed E-state index contributed by atoms with van der Waals surface area (Å²) < 4.78 is 13.7. The number of carbonyl (C=O) groups is 1. The zero-order valence-electron chi connectivity index (χ0n) is 17.2. The Morgan fingerprint density at radius 3 is 2.83 bits per heavy atom. The van der Waals surface area contributed by atoms with Gasteiger partial charge in [0.15, 0.2) is 0 Å². The van der Waals surface area contributed by atoms with Crippen LogP contribution in [0.4, 0.5) is 10.1 Å². The van der Waals surface area contributed by atoms with Gasteiger partial charge in [-0.2, -0.15) is 0 Å². The van der Waals surface area contributed by atoms with Crippen LogP contribution in [0.3, 0.4) is 0 Å². The van der Waals surface area contributed by atoms with Crippen LogP contribution in [0.5, 0.6) is 0 Å². The number of aliphatic hydroxyl groups is 2. The molecule has 0 unspecified atom stereocenters. The second-order valence-electron chi connectivity index (χ2n) is 9.52. The minimum absolute atomic E-state index is 0.0379. The summed E-state index contributed by atoms with van der Waals surface area (Å²) in [6.07, 6.45) is 5.33. The lowest BCUT2D eigenvalue weighted by atomic mass is 9.46. The molecule has 2 aliphatic carbocycles. The fourth-order valence-corrected chi connectivity index (χ4v) is 6.23. The van der Waals surface area contributed by atoms with Gasteiger partial charge in [-0.25, -0.2) is 4.39 Å². The van der Waals surface area contributed by atoms with E-state index in [0.717, 1.165) is 24.8 Å². The summed E-state index contributed by atoms with van der Waals surface area (Å²) in [5.74, 6) is -0.231. The number of hydrogen-bond acceptors (Lipinski definition) is 3. The van der Waals surface area contributed by atoms with E-state index in [2.05, 4.69) is 18.8 Å². The van der Waals surface area contributed by atoms with Crippen LogP contribution in [-0.4, -0.2) is 28.8 Å². The summed E-state index contributed by atoms with van der Waals surface area (Å²) in [5.41, 5.74) is 2.29. The molecule has 4 rings (SSSR count). The van der Waals surface area contributed by atoms with Crippen LogP contribution in [0.1, 0.15) is 51.5 Å². The normalized spacial score (nSPS) is 38.0. The third-order valence-electron chi connectivity index (χ3n) is 8.02. The molecule has 4 nitrogen and oxygen atoms in total. The molecule has 0 bridgehead atoms. The van der Waals surface area contributed by atoms with Crippen molar-refractivity contribution in [3.05, 3.63) is 47.8 Å². The van der Waals surface area contributed by atoms with Crippen molar-refractivity contribution in [3.8, 4) is 0 Å². The average molecular weight is 400 g/mol. The van der Waals surface area contributed by atoms with Crippen molar-refractivity contribution in [2.75, 3.05) is 11.9 Å². The highest BCUT2D eigenvalue weighted by atomic mass is 19.1. The molecular formula is C24H30FNO3. The average Bonchev–Trinajstić information content (AvgIpc) is 2.99.